The number of hydrogen-bond donors (Lipinski definition) is 1. The molecule has 0 unspecified atom stereocenters. The smallest absolute Gasteiger partial charge is 0.387 e. The van der Waals surface area contributed by atoms with E-state index in [1.54, 1.807) is 39.0 Å². The van der Waals surface area contributed by atoms with E-state index in [9.17, 15) is 32.0 Å². The van der Waals surface area contributed by atoms with E-state index in [2.05, 4.69) is 0 Å². The molecule has 0 bridgehead atoms. The monoisotopic (exact) mass is 869 g/mol. The Morgan fingerprint density at radius 3 is 2.19 bits per heavy atom. The van der Waals surface area contributed by atoms with Gasteiger partial charge >= 0.3 is 18.6 Å². The third kappa shape index (κ3) is 12.2. The molecular formula is C40H47Cl2F2N3O10S. The molecule has 58 heavy (non-hydrogen) atoms. The number of rotatable bonds is 19. The van der Waals surface area contributed by atoms with Gasteiger partial charge in [0, 0.05) is 18.5 Å². The Balaban J connectivity index is 1.26. The van der Waals surface area contributed by atoms with Crippen LogP contribution in [0.3, 0.4) is 0 Å². The van der Waals surface area contributed by atoms with Crippen LogP contribution in [0.5, 0.6) is 17.2 Å². The van der Waals surface area contributed by atoms with Gasteiger partial charge in [-0.25, -0.2) is 8.42 Å². The average Bonchev–Trinajstić information content (AvgIpc) is 4.08. The van der Waals surface area contributed by atoms with Crippen LogP contribution in [0.1, 0.15) is 82.1 Å². The molecule has 2 aliphatic carbocycles. The fourth-order valence-electron chi connectivity index (χ4n) is 6.60. The van der Waals surface area contributed by atoms with E-state index in [0.29, 0.717) is 71.6 Å². The zero-order valence-corrected chi connectivity index (χ0v) is 34.8. The molecule has 2 heterocycles. The second kappa shape index (κ2) is 18.9. The highest BCUT2D eigenvalue weighted by Gasteiger charge is 2.35. The number of carbonyl (C=O) groups excluding carboxylic acids is 2. The highest BCUT2D eigenvalue weighted by molar-refractivity contribution is 7.74. The predicted molar refractivity (Wildman–Crippen MR) is 211 cm³/mol. The molecular weight excluding hydrogens is 823 g/mol. The summed E-state index contributed by atoms with van der Waals surface area (Å²) in [4.78, 5) is 28.9. The summed E-state index contributed by atoms with van der Waals surface area (Å²) in [5, 5.41) is 12.1. The maximum Gasteiger partial charge on any atom is 0.387 e. The van der Waals surface area contributed by atoms with Crippen LogP contribution < -0.4 is 23.2 Å². The predicted octanol–water partition coefficient (Wildman–Crippen LogP) is 6.97. The first-order valence-electron chi connectivity index (χ1n) is 19.1. The zero-order chi connectivity index (χ0) is 41.7. The Labute approximate surface area is 347 Å². The number of alkyl halides is 2. The highest BCUT2D eigenvalue weighted by Crippen LogP contribution is 2.39. The van der Waals surface area contributed by atoms with Crippen LogP contribution in [0.15, 0.2) is 48.8 Å². The summed E-state index contributed by atoms with van der Waals surface area (Å²) < 4.78 is 81.6. The van der Waals surface area contributed by atoms with Crippen molar-refractivity contribution in [1.29, 1.82) is 0 Å². The fourth-order valence-corrected chi connectivity index (χ4v) is 7.76. The van der Waals surface area contributed by atoms with E-state index in [1.807, 2.05) is 4.90 Å². The number of aromatic nitrogens is 1. The van der Waals surface area contributed by atoms with Crippen LogP contribution in [0.2, 0.25) is 10.0 Å². The van der Waals surface area contributed by atoms with E-state index in [1.165, 1.54) is 18.2 Å². The zero-order valence-electron chi connectivity index (χ0n) is 32.4. The quantitative estimate of drug-likeness (QED) is 0.0577. The highest BCUT2D eigenvalue weighted by atomic mass is 35.5. The summed E-state index contributed by atoms with van der Waals surface area (Å²) in [5.74, 6) is -0.479. The third-order valence-electron chi connectivity index (χ3n) is 9.82. The van der Waals surface area contributed by atoms with Crippen LogP contribution in [0.25, 0.3) is 0 Å². The average molecular weight is 871 g/mol. The third-order valence-corrected chi connectivity index (χ3v) is 11.2. The molecule has 0 amide bonds. The van der Waals surface area contributed by atoms with Gasteiger partial charge in [-0.3, -0.25) is 18.8 Å². The number of esters is 2. The summed E-state index contributed by atoms with van der Waals surface area (Å²) in [6.45, 7) is 2.82. The number of likely N-dealkylation sites (tertiary alicyclic amines) is 1. The number of anilines is 1. The fraction of sp³-hybridized carbons (Fsp3) is 0.525. The largest absolute Gasteiger partial charge is 0.619 e. The molecule has 3 aromatic rings. The van der Waals surface area contributed by atoms with Gasteiger partial charge in [0.1, 0.15) is 40.1 Å². The number of thiol groups is 1. The molecule has 2 aromatic carbocycles. The molecule has 1 saturated heterocycles. The molecule has 1 aliphatic heterocycles. The van der Waals surface area contributed by atoms with Crippen molar-refractivity contribution in [1.82, 2.24) is 4.90 Å². The number of ether oxygens (including phenoxy) is 5. The number of halogens is 4. The molecule has 0 N–H and O–H groups in total. The van der Waals surface area contributed by atoms with Gasteiger partial charge in [0.05, 0.1) is 18.9 Å². The minimum Gasteiger partial charge on any atom is -0.619 e. The molecule has 6 rings (SSSR count). The standard InChI is InChI=1S/C40H47Cl2F2N3O10S/c1-40(2,3)57-37(48)21-47(58(51)52)32-15-26(10-12-33(32)53-22-24-6-7-24)18-45-14-4-5-31(45)38(49)55-35(17-28-29(41)19-46(50)20-30(28)42)27-11-13-34(56-39(43)44)36(16-27)54-23-25-8-9-25/h10-13,15-16,19-20,24-25,31,35,39,58H,4-9,14,17-18,21-23H2,1-3H3/t31-,35-/m0/s1. The van der Waals surface area contributed by atoms with Crippen LogP contribution in [-0.2, 0) is 42.9 Å². The van der Waals surface area contributed by atoms with Gasteiger partial charge in [0.2, 0.25) is 10.9 Å². The number of hydrogen-bond acceptors (Lipinski definition) is 11. The Morgan fingerprint density at radius 1 is 0.948 bits per heavy atom. The van der Waals surface area contributed by atoms with E-state index in [-0.39, 0.29) is 40.2 Å². The van der Waals surface area contributed by atoms with Crippen molar-refractivity contribution in [3.63, 3.8) is 0 Å². The second-order valence-corrected chi connectivity index (χ2v) is 17.6. The van der Waals surface area contributed by atoms with Gasteiger partial charge in [-0.2, -0.15) is 13.5 Å². The molecule has 0 spiro atoms. The van der Waals surface area contributed by atoms with Gasteiger partial charge in [-0.1, -0.05) is 35.3 Å². The Bertz CT molecular complexity index is 2010. The summed E-state index contributed by atoms with van der Waals surface area (Å²) in [7, 11) is -3.29. The van der Waals surface area contributed by atoms with Crippen molar-refractivity contribution in [3.05, 3.63) is 80.7 Å². The first kappa shape index (κ1) is 43.5. The minimum atomic E-state index is -3.29. The van der Waals surface area contributed by atoms with Gasteiger partial charge in [-0.05, 0) is 113 Å². The van der Waals surface area contributed by atoms with Crippen LogP contribution in [0, 0.1) is 17.0 Å². The minimum absolute atomic E-state index is 0.0369. The first-order valence-corrected chi connectivity index (χ1v) is 21.0. The molecule has 316 valence electrons. The van der Waals surface area contributed by atoms with Crippen LogP contribution in [0.4, 0.5) is 14.5 Å². The summed E-state index contributed by atoms with van der Waals surface area (Å²) in [6, 6.07) is 8.65. The van der Waals surface area contributed by atoms with Crippen molar-refractivity contribution >= 4 is 51.7 Å². The van der Waals surface area contributed by atoms with Crippen molar-refractivity contribution in [2.24, 2.45) is 11.8 Å². The molecule has 2 atom stereocenters. The van der Waals surface area contributed by atoms with E-state index >= 15 is 0 Å². The topological polar surface area (TPSA) is 148 Å². The Hall–Kier alpha value is -4.12. The summed E-state index contributed by atoms with van der Waals surface area (Å²) in [5.41, 5.74) is 0.708. The van der Waals surface area contributed by atoms with E-state index < -0.39 is 53.7 Å². The number of carbonyl (C=O) groups is 2. The molecule has 3 aliphatic rings. The number of nitrogens with zero attached hydrogens (tertiary/aromatic N) is 3. The summed E-state index contributed by atoms with van der Waals surface area (Å²) in [6.07, 6.45) is 6.15. The van der Waals surface area contributed by atoms with Gasteiger partial charge < -0.3 is 28.9 Å². The van der Waals surface area contributed by atoms with E-state index in [4.69, 9.17) is 46.9 Å². The van der Waals surface area contributed by atoms with Gasteiger partial charge in [0.15, 0.2) is 23.9 Å². The van der Waals surface area contributed by atoms with Crippen LogP contribution in [-0.4, -0.2) is 69.8 Å². The van der Waals surface area contributed by atoms with Crippen molar-refractivity contribution < 1.29 is 55.2 Å². The molecule has 18 heteroatoms. The second-order valence-electron chi connectivity index (χ2n) is 15.8. The molecule has 0 radical (unpaired) electrons. The molecule has 1 aromatic heterocycles. The summed E-state index contributed by atoms with van der Waals surface area (Å²) >= 11 is 12.9. The van der Waals surface area contributed by atoms with Gasteiger partial charge in [0.25, 0.3) is 0 Å². The number of pyridine rings is 1. The van der Waals surface area contributed by atoms with Gasteiger partial charge in [-0.15, -0.1) is 0 Å². The van der Waals surface area contributed by atoms with Crippen molar-refractivity contribution in [3.8, 4) is 17.2 Å². The lowest BCUT2D eigenvalue weighted by molar-refractivity contribution is -0.605. The normalized spacial score (nSPS) is 17.6. The molecule has 13 nitrogen and oxygen atoms in total. The Kier molecular flexibility index (Phi) is 14.1. The lowest BCUT2D eigenvalue weighted by Crippen LogP contribution is -2.38. The SMILES string of the molecule is CC(C)(C)OC(=O)CN(c1cc(CN2CCC[C@H]2C(=O)O[C@@H](Cc2c(Cl)c[n+]([O-])cc2Cl)c2ccc(OC(F)F)c(OCC3CC3)c2)ccc1OCC1CC1)[SH](=O)=O. The lowest BCUT2D eigenvalue weighted by Gasteiger charge is -2.27. The van der Waals surface area contributed by atoms with Crippen LogP contribution >= 0.6 is 23.2 Å². The number of benzene rings is 2. The first-order chi connectivity index (χ1) is 27.5. The maximum atomic E-state index is 14.2. The molecule has 3 fully saturated rings. The maximum absolute atomic E-state index is 14.2. The van der Waals surface area contributed by atoms with Crippen molar-refractivity contribution in [2.75, 3.05) is 30.6 Å². The Morgan fingerprint density at radius 2 is 1.59 bits per heavy atom. The lowest BCUT2D eigenvalue weighted by atomic mass is 10.0. The molecule has 2 saturated carbocycles. The van der Waals surface area contributed by atoms with Crippen molar-refractivity contribution in [2.45, 2.75) is 96.6 Å². The van der Waals surface area contributed by atoms with E-state index in [0.717, 1.165) is 42.4 Å².